The van der Waals surface area contributed by atoms with Crippen molar-refractivity contribution < 1.29 is 9.47 Å². The Labute approximate surface area is 155 Å². The molecule has 3 rings (SSSR count). The molecule has 134 valence electrons. The summed E-state index contributed by atoms with van der Waals surface area (Å²) in [6.45, 7) is 3.61. The van der Waals surface area contributed by atoms with Crippen LogP contribution in [-0.4, -0.2) is 30.1 Å². The summed E-state index contributed by atoms with van der Waals surface area (Å²) in [7, 11) is 3.09. The Kier molecular flexibility index (Phi) is 4.99. The van der Waals surface area contributed by atoms with Crippen molar-refractivity contribution in [2.24, 2.45) is 10.7 Å². The highest BCUT2D eigenvalue weighted by atomic mass is 35.5. The molecule has 4 N–H and O–H groups in total. The molecule has 0 unspecified atom stereocenters. The number of H-pyrrole nitrogens is 1. The van der Waals surface area contributed by atoms with Crippen LogP contribution >= 0.6 is 11.6 Å². The molecule has 0 bridgehead atoms. The van der Waals surface area contributed by atoms with Gasteiger partial charge in [0.25, 0.3) is 0 Å². The third-order valence-electron chi connectivity index (χ3n) is 3.75. The molecule has 0 amide bonds. The molecule has 0 atom stereocenters. The molecule has 26 heavy (non-hydrogen) atoms. The lowest BCUT2D eigenvalue weighted by atomic mass is 10.0. The first kappa shape index (κ1) is 17.6. The number of benzene rings is 1. The molecule has 0 saturated carbocycles. The lowest BCUT2D eigenvalue weighted by Gasteiger charge is -2.19. The zero-order chi connectivity index (χ0) is 18.7. The SMILES string of the molecule is C=C(Cl)/N=C1/C=C(OC)C(OC)=C/C1=C(/N)Nc1ccc2[nH]ncc2c1. The third kappa shape index (κ3) is 3.57. The van der Waals surface area contributed by atoms with E-state index in [2.05, 4.69) is 27.1 Å². The standard InChI is InChI=1S/C18H18ClN5O2/c1-10(19)22-15-8-17(26-3)16(25-2)7-13(15)18(20)23-12-4-5-14-11(6-12)9-21-24-14/h4-9,23H,1,20H2,2-3H3,(H,21,24)/b18-13+,22-15-. The van der Waals surface area contributed by atoms with Crippen molar-refractivity contribution in [3.8, 4) is 0 Å². The second-order valence-electron chi connectivity index (χ2n) is 5.42. The van der Waals surface area contributed by atoms with Gasteiger partial charge in [-0.3, -0.25) is 5.10 Å². The number of methoxy groups -OCH3 is 2. The van der Waals surface area contributed by atoms with Gasteiger partial charge in [-0.15, -0.1) is 0 Å². The number of allylic oxidation sites excluding steroid dienone is 3. The van der Waals surface area contributed by atoms with E-state index in [9.17, 15) is 0 Å². The molecule has 1 heterocycles. The van der Waals surface area contributed by atoms with Crippen LogP contribution in [0.1, 0.15) is 0 Å². The van der Waals surface area contributed by atoms with Gasteiger partial charge >= 0.3 is 0 Å². The lowest BCUT2D eigenvalue weighted by Crippen LogP contribution is -2.19. The normalized spacial score (nSPS) is 17.6. The van der Waals surface area contributed by atoms with Crippen molar-refractivity contribution in [1.29, 1.82) is 0 Å². The van der Waals surface area contributed by atoms with Gasteiger partial charge in [0.05, 0.1) is 31.6 Å². The van der Waals surface area contributed by atoms with E-state index in [1.165, 1.54) is 0 Å². The number of aromatic amines is 1. The number of nitrogens with one attached hydrogen (secondary N) is 2. The smallest absolute Gasteiger partial charge is 0.162 e. The van der Waals surface area contributed by atoms with Gasteiger partial charge in [-0.05, 0) is 24.3 Å². The van der Waals surface area contributed by atoms with Crippen LogP contribution in [0.2, 0.25) is 0 Å². The van der Waals surface area contributed by atoms with Crippen molar-refractivity contribution in [3.05, 3.63) is 71.2 Å². The maximum Gasteiger partial charge on any atom is 0.162 e. The number of hydrogen-bond acceptors (Lipinski definition) is 6. The number of halogens is 1. The number of fused-ring (bicyclic) bond motifs is 1. The van der Waals surface area contributed by atoms with E-state index in [1.54, 1.807) is 32.6 Å². The van der Waals surface area contributed by atoms with Gasteiger partial charge in [0.1, 0.15) is 11.0 Å². The maximum absolute atomic E-state index is 6.29. The maximum atomic E-state index is 6.29. The minimum atomic E-state index is 0.131. The van der Waals surface area contributed by atoms with Crippen molar-refractivity contribution >= 4 is 33.9 Å². The van der Waals surface area contributed by atoms with Crippen molar-refractivity contribution in [1.82, 2.24) is 10.2 Å². The second-order valence-corrected chi connectivity index (χ2v) is 5.86. The molecule has 0 spiro atoms. The molecule has 1 aromatic carbocycles. The fourth-order valence-corrected chi connectivity index (χ4v) is 2.64. The Bertz CT molecular complexity index is 984. The first-order valence-electron chi connectivity index (χ1n) is 7.67. The monoisotopic (exact) mass is 371 g/mol. The number of aliphatic imine (C=N–C) groups is 1. The number of nitrogens with two attached hydrogens (primary N) is 1. The van der Waals surface area contributed by atoms with Gasteiger partial charge in [0.2, 0.25) is 0 Å². The van der Waals surface area contributed by atoms with Crippen LogP contribution in [0.3, 0.4) is 0 Å². The van der Waals surface area contributed by atoms with E-state index in [4.69, 9.17) is 26.8 Å². The van der Waals surface area contributed by atoms with E-state index < -0.39 is 0 Å². The highest BCUT2D eigenvalue weighted by molar-refractivity contribution is 6.30. The highest BCUT2D eigenvalue weighted by Gasteiger charge is 2.20. The average molecular weight is 372 g/mol. The van der Waals surface area contributed by atoms with Crippen molar-refractivity contribution in [3.63, 3.8) is 0 Å². The summed E-state index contributed by atoms with van der Waals surface area (Å²) in [5, 5.41) is 11.2. The summed E-state index contributed by atoms with van der Waals surface area (Å²) >= 11 is 5.86. The molecule has 7 nitrogen and oxygen atoms in total. The summed E-state index contributed by atoms with van der Waals surface area (Å²) < 4.78 is 10.7. The average Bonchev–Trinajstić information content (AvgIpc) is 3.08. The molecular formula is C18H18ClN5O2. The third-order valence-corrected chi connectivity index (χ3v) is 3.84. The number of ether oxygens (including phenoxy) is 2. The predicted octanol–water partition coefficient (Wildman–Crippen LogP) is 3.37. The minimum absolute atomic E-state index is 0.131. The Hall–Kier alpha value is -3.19. The summed E-state index contributed by atoms with van der Waals surface area (Å²) in [6.07, 6.45) is 5.16. The fraction of sp³-hybridized carbons (Fsp3) is 0.111. The summed E-state index contributed by atoms with van der Waals surface area (Å²) in [4.78, 5) is 4.23. The molecule has 0 radical (unpaired) electrons. The number of nitrogens with zero attached hydrogens (tertiary/aromatic N) is 2. The zero-order valence-electron chi connectivity index (χ0n) is 14.3. The number of aromatic nitrogens is 2. The number of rotatable bonds is 5. The Morgan fingerprint density at radius 3 is 2.69 bits per heavy atom. The quantitative estimate of drug-likeness (QED) is 0.700. The minimum Gasteiger partial charge on any atom is -0.493 e. The van der Waals surface area contributed by atoms with Crippen molar-refractivity contribution in [2.45, 2.75) is 0 Å². The summed E-state index contributed by atoms with van der Waals surface area (Å²) in [5.74, 6) is 1.42. The van der Waals surface area contributed by atoms with Gasteiger partial charge in [0, 0.05) is 22.7 Å². The number of anilines is 1. The first-order valence-corrected chi connectivity index (χ1v) is 8.04. The van der Waals surface area contributed by atoms with Gasteiger partial charge in [-0.1, -0.05) is 18.2 Å². The predicted molar refractivity (Wildman–Crippen MR) is 104 cm³/mol. The van der Waals surface area contributed by atoms with E-state index >= 15 is 0 Å². The molecule has 0 fully saturated rings. The van der Waals surface area contributed by atoms with Crippen LogP contribution < -0.4 is 11.1 Å². The molecule has 8 heteroatoms. The Morgan fingerprint density at radius 2 is 2.00 bits per heavy atom. The van der Waals surface area contributed by atoms with E-state index in [0.717, 1.165) is 16.6 Å². The van der Waals surface area contributed by atoms with Crippen LogP contribution in [0, 0.1) is 0 Å². The van der Waals surface area contributed by atoms with Gasteiger partial charge in [0.15, 0.2) is 11.5 Å². The topological polar surface area (TPSA) is 97.5 Å². The van der Waals surface area contributed by atoms with E-state index in [0.29, 0.717) is 28.6 Å². The molecular weight excluding hydrogens is 354 g/mol. The van der Waals surface area contributed by atoms with E-state index in [1.807, 2.05) is 18.2 Å². The number of hydrogen-bond donors (Lipinski definition) is 3. The Balaban J connectivity index is 2.02. The molecule has 1 aliphatic rings. The van der Waals surface area contributed by atoms with Crippen LogP contribution in [0.5, 0.6) is 0 Å². The van der Waals surface area contributed by atoms with Crippen LogP contribution in [0.4, 0.5) is 5.69 Å². The fourth-order valence-electron chi connectivity index (χ4n) is 2.55. The first-order chi connectivity index (χ1) is 12.5. The van der Waals surface area contributed by atoms with Gasteiger partial charge < -0.3 is 20.5 Å². The zero-order valence-corrected chi connectivity index (χ0v) is 15.1. The van der Waals surface area contributed by atoms with Gasteiger partial charge in [-0.25, -0.2) is 4.99 Å². The largest absolute Gasteiger partial charge is 0.493 e. The molecule has 2 aromatic rings. The molecule has 1 aromatic heterocycles. The molecule has 0 saturated heterocycles. The second kappa shape index (κ2) is 7.37. The van der Waals surface area contributed by atoms with Crippen LogP contribution in [0.15, 0.2) is 76.2 Å². The van der Waals surface area contributed by atoms with Crippen molar-refractivity contribution in [2.75, 3.05) is 19.5 Å². The lowest BCUT2D eigenvalue weighted by molar-refractivity contribution is 0.220. The highest BCUT2D eigenvalue weighted by Crippen LogP contribution is 2.25. The molecule has 0 aliphatic heterocycles. The Morgan fingerprint density at radius 1 is 1.27 bits per heavy atom. The molecule has 1 aliphatic carbocycles. The summed E-state index contributed by atoms with van der Waals surface area (Å²) in [6, 6.07) is 5.74. The summed E-state index contributed by atoms with van der Waals surface area (Å²) in [5.41, 5.74) is 9.16. The van der Waals surface area contributed by atoms with Crippen LogP contribution in [0.25, 0.3) is 10.9 Å². The van der Waals surface area contributed by atoms with Crippen LogP contribution in [-0.2, 0) is 9.47 Å². The van der Waals surface area contributed by atoms with E-state index in [-0.39, 0.29) is 5.16 Å². The van der Waals surface area contributed by atoms with Gasteiger partial charge in [-0.2, -0.15) is 5.10 Å².